The van der Waals surface area contributed by atoms with Crippen LogP contribution in [0, 0.1) is 5.92 Å². The number of rotatable bonds is 7. The molecular formula is C19H30N4O2S2. The first-order valence-electron chi connectivity index (χ1n) is 9.77. The third kappa shape index (κ3) is 5.86. The molecule has 2 fully saturated rings. The molecule has 150 valence electrons. The summed E-state index contributed by atoms with van der Waals surface area (Å²) in [6.45, 7) is 6.54. The predicted molar refractivity (Wildman–Crippen MR) is 113 cm³/mol. The lowest BCUT2D eigenvalue weighted by molar-refractivity contribution is 0.445. The van der Waals surface area contributed by atoms with E-state index in [1.54, 1.807) is 4.31 Å². The lowest BCUT2D eigenvalue weighted by Gasteiger charge is -2.22. The van der Waals surface area contributed by atoms with Crippen molar-refractivity contribution in [2.24, 2.45) is 10.9 Å². The minimum absolute atomic E-state index is 0.281. The molecular weight excluding hydrogens is 380 g/mol. The number of guanidine groups is 1. The highest BCUT2D eigenvalue weighted by atomic mass is 32.2. The van der Waals surface area contributed by atoms with Crippen LogP contribution in [0.2, 0.25) is 0 Å². The fraction of sp³-hybridized carbons (Fsp3) is 0.632. The highest BCUT2D eigenvalue weighted by Crippen LogP contribution is 2.25. The highest BCUT2D eigenvalue weighted by molar-refractivity contribution is 7.99. The Morgan fingerprint density at radius 1 is 1.30 bits per heavy atom. The molecule has 1 atom stereocenters. The normalized spacial score (nSPS) is 23.1. The second-order valence-corrected chi connectivity index (χ2v) is 10.2. The molecule has 3 rings (SSSR count). The van der Waals surface area contributed by atoms with Crippen LogP contribution in [0.3, 0.4) is 0 Å². The van der Waals surface area contributed by atoms with E-state index in [9.17, 15) is 8.42 Å². The molecule has 0 radical (unpaired) electrons. The molecule has 2 saturated heterocycles. The third-order valence-corrected chi connectivity index (χ3v) is 8.16. The monoisotopic (exact) mass is 410 g/mol. The molecule has 27 heavy (non-hydrogen) atoms. The van der Waals surface area contributed by atoms with Gasteiger partial charge in [0.2, 0.25) is 10.0 Å². The summed E-state index contributed by atoms with van der Waals surface area (Å²) in [4.78, 5) is 8.34. The summed E-state index contributed by atoms with van der Waals surface area (Å²) >= 11 is 1.92. The van der Waals surface area contributed by atoms with Crippen LogP contribution in [-0.2, 0) is 10.0 Å². The first kappa shape index (κ1) is 20.5. The van der Waals surface area contributed by atoms with Crippen molar-refractivity contribution >= 4 is 27.7 Å². The topological polar surface area (TPSA) is 65.0 Å². The van der Waals surface area contributed by atoms with Gasteiger partial charge >= 0.3 is 0 Å². The number of thioether (sulfide) groups is 1. The summed E-state index contributed by atoms with van der Waals surface area (Å²) < 4.78 is 25.4. The van der Waals surface area contributed by atoms with Crippen molar-refractivity contribution in [3.05, 3.63) is 30.3 Å². The lowest BCUT2D eigenvalue weighted by atomic mass is 10.2. The quantitative estimate of drug-likeness (QED) is 0.424. The van der Waals surface area contributed by atoms with E-state index >= 15 is 0 Å². The molecule has 1 unspecified atom stereocenters. The van der Waals surface area contributed by atoms with E-state index < -0.39 is 10.0 Å². The Labute approximate surface area is 167 Å². The number of benzene rings is 1. The molecule has 2 heterocycles. The molecule has 1 aromatic rings. The zero-order valence-corrected chi connectivity index (χ0v) is 17.6. The maximum atomic E-state index is 11.9. The summed E-state index contributed by atoms with van der Waals surface area (Å²) in [5.41, 5.74) is 0. The minimum Gasteiger partial charge on any atom is -0.357 e. The van der Waals surface area contributed by atoms with Crippen molar-refractivity contribution < 1.29 is 8.42 Å². The SMILES string of the molecule is CCNC(=NCCN1CCCS1(=O)=O)N1CCC(CSc2ccccc2)C1. The first-order valence-corrected chi connectivity index (χ1v) is 12.4. The average molecular weight is 411 g/mol. The van der Waals surface area contributed by atoms with E-state index in [0.717, 1.165) is 37.8 Å². The van der Waals surface area contributed by atoms with Crippen LogP contribution in [0.15, 0.2) is 40.2 Å². The van der Waals surface area contributed by atoms with Gasteiger partial charge in [0.1, 0.15) is 0 Å². The van der Waals surface area contributed by atoms with E-state index in [1.165, 1.54) is 11.3 Å². The van der Waals surface area contributed by atoms with Gasteiger partial charge in [-0.15, -0.1) is 11.8 Å². The second kappa shape index (κ2) is 9.80. The van der Waals surface area contributed by atoms with E-state index in [2.05, 4.69) is 41.4 Å². The van der Waals surface area contributed by atoms with E-state index in [-0.39, 0.29) is 5.75 Å². The number of nitrogens with one attached hydrogen (secondary N) is 1. The summed E-state index contributed by atoms with van der Waals surface area (Å²) in [6, 6.07) is 10.5. The number of sulfonamides is 1. The van der Waals surface area contributed by atoms with E-state index in [4.69, 9.17) is 4.99 Å². The molecule has 8 heteroatoms. The van der Waals surface area contributed by atoms with Gasteiger partial charge in [-0.1, -0.05) is 18.2 Å². The number of hydrogen-bond donors (Lipinski definition) is 1. The Bertz CT molecular complexity index is 724. The summed E-state index contributed by atoms with van der Waals surface area (Å²) in [5, 5.41) is 3.37. The minimum atomic E-state index is -3.03. The van der Waals surface area contributed by atoms with Gasteiger partial charge in [-0.2, -0.15) is 0 Å². The molecule has 6 nitrogen and oxygen atoms in total. The Morgan fingerprint density at radius 3 is 2.81 bits per heavy atom. The zero-order chi connectivity index (χ0) is 19.1. The fourth-order valence-electron chi connectivity index (χ4n) is 3.53. The second-order valence-electron chi connectivity index (χ2n) is 7.03. The van der Waals surface area contributed by atoms with Gasteiger partial charge in [0, 0.05) is 43.4 Å². The summed E-state index contributed by atoms with van der Waals surface area (Å²) in [5.74, 6) is 2.97. The van der Waals surface area contributed by atoms with Crippen molar-refractivity contribution in [1.29, 1.82) is 0 Å². The molecule has 0 aliphatic carbocycles. The van der Waals surface area contributed by atoms with Crippen molar-refractivity contribution in [2.75, 3.05) is 50.8 Å². The number of hydrogen-bond acceptors (Lipinski definition) is 4. The molecule has 0 bridgehead atoms. The number of nitrogens with zero attached hydrogens (tertiary/aromatic N) is 3. The molecule has 0 aromatic heterocycles. The maximum absolute atomic E-state index is 11.9. The molecule has 2 aliphatic heterocycles. The Balaban J connectivity index is 1.49. The van der Waals surface area contributed by atoms with Gasteiger partial charge in [-0.05, 0) is 37.8 Å². The van der Waals surface area contributed by atoms with E-state index in [0.29, 0.717) is 25.6 Å². The van der Waals surface area contributed by atoms with Crippen LogP contribution in [0.4, 0.5) is 0 Å². The van der Waals surface area contributed by atoms with Gasteiger partial charge in [-0.25, -0.2) is 12.7 Å². The molecule has 1 aromatic carbocycles. The van der Waals surface area contributed by atoms with Gasteiger partial charge in [-0.3, -0.25) is 4.99 Å². The van der Waals surface area contributed by atoms with Crippen LogP contribution in [0.1, 0.15) is 19.8 Å². The van der Waals surface area contributed by atoms with Crippen LogP contribution < -0.4 is 5.32 Å². The molecule has 2 aliphatic rings. The standard InChI is InChI=1S/C19H30N4O2S2/c1-2-20-19(21-10-13-23-11-6-14-27(23,24)25)22-12-9-17(15-22)16-26-18-7-4-3-5-8-18/h3-5,7-8,17H,2,6,9-16H2,1H3,(H,20,21). The average Bonchev–Trinajstić information content (AvgIpc) is 3.26. The van der Waals surface area contributed by atoms with Crippen LogP contribution in [0.5, 0.6) is 0 Å². The van der Waals surface area contributed by atoms with Crippen molar-refractivity contribution in [3.8, 4) is 0 Å². The van der Waals surface area contributed by atoms with Crippen LogP contribution >= 0.6 is 11.8 Å². The smallest absolute Gasteiger partial charge is 0.214 e. The molecule has 0 saturated carbocycles. The largest absolute Gasteiger partial charge is 0.357 e. The number of aliphatic imine (C=N–C) groups is 1. The Hall–Kier alpha value is -1.25. The fourth-order valence-corrected chi connectivity index (χ4v) is 6.10. The van der Waals surface area contributed by atoms with Gasteiger partial charge < -0.3 is 10.2 Å². The first-order chi connectivity index (χ1) is 13.1. The maximum Gasteiger partial charge on any atom is 0.214 e. The van der Waals surface area contributed by atoms with Gasteiger partial charge in [0.25, 0.3) is 0 Å². The molecule has 0 amide bonds. The van der Waals surface area contributed by atoms with Gasteiger partial charge in [0.15, 0.2) is 5.96 Å². The summed E-state index contributed by atoms with van der Waals surface area (Å²) in [6.07, 6.45) is 1.91. The summed E-state index contributed by atoms with van der Waals surface area (Å²) in [7, 11) is -3.03. The zero-order valence-electron chi connectivity index (χ0n) is 16.0. The lowest BCUT2D eigenvalue weighted by Crippen LogP contribution is -2.40. The molecule has 0 spiro atoms. The molecule has 1 N–H and O–H groups in total. The third-order valence-electron chi connectivity index (χ3n) is 4.96. The van der Waals surface area contributed by atoms with Crippen molar-refractivity contribution in [1.82, 2.24) is 14.5 Å². The van der Waals surface area contributed by atoms with E-state index in [1.807, 2.05) is 17.8 Å². The Kier molecular flexibility index (Phi) is 7.43. The van der Waals surface area contributed by atoms with Crippen molar-refractivity contribution in [2.45, 2.75) is 24.7 Å². The van der Waals surface area contributed by atoms with Crippen LogP contribution in [-0.4, -0.2) is 74.4 Å². The highest BCUT2D eigenvalue weighted by Gasteiger charge is 2.28. The Morgan fingerprint density at radius 2 is 2.11 bits per heavy atom. The van der Waals surface area contributed by atoms with Crippen molar-refractivity contribution in [3.63, 3.8) is 0 Å². The van der Waals surface area contributed by atoms with Gasteiger partial charge in [0.05, 0.1) is 12.3 Å². The predicted octanol–water partition coefficient (Wildman–Crippen LogP) is 2.10. The number of likely N-dealkylation sites (tertiary alicyclic amines) is 1. The van der Waals surface area contributed by atoms with Crippen LogP contribution in [0.25, 0.3) is 0 Å².